The molecular weight excluding hydrogens is 397 g/mol. The third-order valence-electron chi connectivity index (χ3n) is 4.21. The topological polar surface area (TPSA) is 103 Å². The first kappa shape index (κ1) is 21.1. The molecule has 1 aromatic carbocycles. The molecule has 0 aliphatic heterocycles. The Labute approximate surface area is 169 Å². The Hall–Kier alpha value is -2.59. The molecule has 10 heteroatoms. The van der Waals surface area contributed by atoms with Crippen LogP contribution < -0.4 is 4.72 Å². The van der Waals surface area contributed by atoms with Crippen LogP contribution in [-0.4, -0.2) is 33.9 Å². The van der Waals surface area contributed by atoms with Crippen molar-refractivity contribution in [1.82, 2.24) is 24.6 Å². The van der Waals surface area contributed by atoms with Crippen LogP contribution >= 0.6 is 0 Å². The highest BCUT2D eigenvalue weighted by atomic mass is 32.2. The molecule has 2 aromatic heterocycles. The summed E-state index contributed by atoms with van der Waals surface area (Å²) >= 11 is 0. The number of aromatic nitrogens is 4. The number of aryl methyl sites for hydroxylation is 2. The van der Waals surface area contributed by atoms with Gasteiger partial charge in [-0.2, -0.15) is 10.1 Å². The molecule has 2 heterocycles. The van der Waals surface area contributed by atoms with Crippen LogP contribution in [0.4, 0.5) is 4.39 Å². The Morgan fingerprint density at radius 1 is 1.21 bits per heavy atom. The Morgan fingerprint density at radius 2 is 1.90 bits per heavy atom. The minimum Gasteiger partial charge on any atom is -0.337 e. The lowest BCUT2D eigenvalue weighted by Gasteiger charge is -2.20. The first-order chi connectivity index (χ1) is 13.4. The standard InChI is InChI=1S/C19H24FN5O3S/c1-11-7-8-14(9-15(11)20)18-21-16(28-23-18)10-25-13(3)17(12(2)22-25)29(26,27)24-19(4,5)6/h7-9,24H,10H2,1-6H3. The van der Waals surface area contributed by atoms with Crippen LogP contribution in [0.3, 0.4) is 0 Å². The predicted octanol–water partition coefficient (Wildman–Crippen LogP) is 3.12. The normalized spacial score (nSPS) is 12.5. The first-order valence-electron chi connectivity index (χ1n) is 9.04. The van der Waals surface area contributed by atoms with Gasteiger partial charge in [-0.15, -0.1) is 0 Å². The maximum atomic E-state index is 13.8. The highest BCUT2D eigenvalue weighted by Crippen LogP contribution is 2.23. The molecule has 0 amide bonds. The summed E-state index contributed by atoms with van der Waals surface area (Å²) < 4.78 is 48.7. The van der Waals surface area contributed by atoms with Crippen molar-refractivity contribution in [3.63, 3.8) is 0 Å². The van der Waals surface area contributed by atoms with Crippen LogP contribution in [0.2, 0.25) is 0 Å². The molecule has 0 unspecified atom stereocenters. The monoisotopic (exact) mass is 421 g/mol. The lowest BCUT2D eigenvalue weighted by atomic mass is 10.1. The number of nitrogens with zero attached hydrogens (tertiary/aromatic N) is 4. The average Bonchev–Trinajstić information content (AvgIpc) is 3.13. The fourth-order valence-corrected chi connectivity index (χ4v) is 4.81. The van der Waals surface area contributed by atoms with Crippen LogP contribution in [0.25, 0.3) is 11.4 Å². The van der Waals surface area contributed by atoms with Crippen LogP contribution in [0, 0.1) is 26.6 Å². The van der Waals surface area contributed by atoms with Crippen molar-refractivity contribution in [3.8, 4) is 11.4 Å². The van der Waals surface area contributed by atoms with Gasteiger partial charge in [0.25, 0.3) is 0 Å². The lowest BCUT2D eigenvalue weighted by Crippen LogP contribution is -2.40. The van der Waals surface area contributed by atoms with E-state index in [4.69, 9.17) is 4.52 Å². The van der Waals surface area contributed by atoms with E-state index in [9.17, 15) is 12.8 Å². The highest BCUT2D eigenvalue weighted by Gasteiger charge is 2.29. The quantitative estimate of drug-likeness (QED) is 0.679. The second-order valence-electron chi connectivity index (χ2n) is 7.99. The summed E-state index contributed by atoms with van der Waals surface area (Å²) in [6.45, 7) is 10.4. The van der Waals surface area contributed by atoms with E-state index < -0.39 is 15.6 Å². The van der Waals surface area contributed by atoms with Gasteiger partial charge in [0.15, 0.2) is 0 Å². The van der Waals surface area contributed by atoms with Crippen molar-refractivity contribution in [2.24, 2.45) is 0 Å². The van der Waals surface area contributed by atoms with E-state index in [0.717, 1.165) is 0 Å². The smallest absolute Gasteiger partial charge is 0.248 e. The summed E-state index contributed by atoms with van der Waals surface area (Å²) in [5.74, 6) is 0.135. The zero-order chi connectivity index (χ0) is 21.6. The third-order valence-corrected chi connectivity index (χ3v) is 6.22. The number of sulfonamides is 1. The summed E-state index contributed by atoms with van der Waals surface area (Å²) in [5, 5.41) is 8.20. The molecule has 0 saturated carbocycles. The van der Waals surface area contributed by atoms with Crippen molar-refractivity contribution in [1.29, 1.82) is 0 Å². The fraction of sp³-hybridized carbons (Fsp3) is 0.421. The van der Waals surface area contributed by atoms with Gasteiger partial charge in [0.05, 0.1) is 11.4 Å². The minimum atomic E-state index is -3.74. The Bertz CT molecular complexity index is 1160. The zero-order valence-corrected chi connectivity index (χ0v) is 18.1. The molecule has 0 atom stereocenters. The van der Waals surface area contributed by atoms with E-state index in [1.807, 2.05) is 0 Å². The van der Waals surface area contributed by atoms with Gasteiger partial charge in [-0.1, -0.05) is 17.3 Å². The number of benzene rings is 1. The van der Waals surface area contributed by atoms with Gasteiger partial charge >= 0.3 is 0 Å². The fourth-order valence-electron chi connectivity index (χ4n) is 2.97. The van der Waals surface area contributed by atoms with E-state index in [2.05, 4.69) is 20.0 Å². The van der Waals surface area contributed by atoms with Crippen LogP contribution in [0.5, 0.6) is 0 Å². The van der Waals surface area contributed by atoms with E-state index in [-0.39, 0.29) is 29.0 Å². The van der Waals surface area contributed by atoms with Gasteiger partial charge in [-0.3, -0.25) is 4.68 Å². The molecule has 29 heavy (non-hydrogen) atoms. The van der Waals surface area contributed by atoms with Crippen molar-refractivity contribution in [2.75, 3.05) is 0 Å². The maximum Gasteiger partial charge on any atom is 0.248 e. The van der Waals surface area contributed by atoms with E-state index in [1.54, 1.807) is 53.7 Å². The average molecular weight is 421 g/mol. The summed E-state index contributed by atoms with van der Waals surface area (Å²) in [7, 11) is -3.74. The Kier molecular flexibility index (Phi) is 5.35. The van der Waals surface area contributed by atoms with Crippen molar-refractivity contribution >= 4 is 10.0 Å². The molecule has 0 saturated heterocycles. The molecule has 8 nitrogen and oxygen atoms in total. The van der Waals surface area contributed by atoms with Gasteiger partial charge in [-0.05, 0) is 53.2 Å². The molecule has 1 N–H and O–H groups in total. The molecule has 3 aromatic rings. The molecule has 0 bridgehead atoms. The second kappa shape index (κ2) is 7.34. The van der Waals surface area contributed by atoms with E-state index in [1.165, 1.54) is 10.7 Å². The largest absolute Gasteiger partial charge is 0.337 e. The Balaban J connectivity index is 1.89. The second-order valence-corrected chi connectivity index (χ2v) is 9.61. The summed E-state index contributed by atoms with van der Waals surface area (Å²) in [5.41, 5.74) is 1.23. The van der Waals surface area contributed by atoms with E-state index in [0.29, 0.717) is 22.5 Å². The Morgan fingerprint density at radius 3 is 2.52 bits per heavy atom. The number of hydrogen-bond donors (Lipinski definition) is 1. The molecule has 0 radical (unpaired) electrons. The lowest BCUT2D eigenvalue weighted by molar-refractivity contribution is 0.364. The van der Waals surface area contributed by atoms with Gasteiger partial charge < -0.3 is 4.52 Å². The number of rotatable bonds is 5. The van der Waals surface area contributed by atoms with Crippen LogP contribution in [-0.2, 0) is 16.6 Å². The highest BCUT2D eigenvalue weighted by molar-refractivity contribution is 7.89. The molecule has 0 spiro atoms. The van der Waals surface area contributed by atoms with Gasteiger partial charge in [-0.25, -0.2) is 17.5 Å². The van der Waals surface area contributed by atoms with E-state index >= 15 is 0 Å². The minimum absolute atomic E-state index is 0.0963. The van der Waals surface area contributed by atoms with Crippen molar-refractivity contribution in [3.05, 3.63) is 46.9 Å². The maximum absolute atomic E-state index is 13.8. The number of hydrogen-bond acceptors (Lipinski definition) is 6. The van der Waals surface area contributed by atoms with Crippen LogP contribution in [0.1, 0.15) is 43.6 Å². The third kappa shape index (κ3) is 4.54. The number of halogens is 1. The molecule has 0 fully saturated rings. The summed E-state index contributed by atoms with van der Waals surface area (Å²) in [4.78, 5) is 4.41. The zero-order valence-electron chi connectivity index (χ0n) is 17.2. The molecule has 156 valence electrons. The first-order valence-corrected chi connectivity index (χ1v) is 10.5. The molecule has 0 aliphatic rings. The SMILES string of the molecule is Cc1ccc(-c2noc(Cn3nc(C)c(S(=O)(=O)NC(C)(C)C)c3C)n2)cc1F. The molecular formula is C19H24FN5O3S. The van der Waals surface area contributed by atoms with Gasteiger partial charge in [0.1, 0.15) is 17.3 Å². The summed E-state index contributed by atoms with van der Waals surface area (Å²) in [6, 6.07) is 4.69. The van der Waals surface area contributed by atoms with Crippen LogP contribution in [0.15, 0.2) is 27.6 Å². The van der Waals surface area contributed by atoms with Gasteiger partial charge in [0, 0.05) is 11.1 Å². The number of nitrogens with one attached hydrogen (secondary N) is 1. The summed E-state index contributed by atoms with van der Waals surface area (Å²) in [6.07, 6.45) is 0. The predicted molar refractivity (Wildman–Crippen MR) is 105 cm³/mol. The molecule has 3 rings (SSSR count). The van der Waals surface area contributed by atoms with Crippen molar-refractivity contribution < 1.29 is 17.3 Å². The van der Waals surface area contributed by atoms with Crippen molar-refractivity contribution in [2.45, 2.75) is 58.5 Å². The molecule has 0 aliphatic carbocycles. The van der Waals surface area contributed by atoms with Gasteiger partial charge in [0.2, 0.25) is 21.7 Å².